The lowest BCUT2D eigenvalue weighted by Gasteiger charge is -2.34. The van der Waals surface area contributed by atoms with E-state index in [1.165, 1.54) is 11.3 Å². The summed E-state index contributed by atoms with van der Waals surface area (Å²) in [4.78, 5) is 14.7. The minimum absolute atomic E-state index is 0.0389. The molecule has 0 saturated carbocycles. The van der Waals surface area contributed by atoms with Gasteiger partial charge in [0.2, 0.25) is 0 Å². The van der Waals surface area contributed by atoms with Gasteiger partial charge in [0.25, 0.3) is 5.91 Å². The van der Waals surface area contributed by atoms with Gasteiger partial charge in [-0.1, -0.05) is 6.92 Å². The van der Waals surface area contributed by atoms with Crippen molar-refractivity contribution < 1.29 is 14.6 Å². The molecule has 1 saturated heterocycles. The van der Waals surface area contributed by atoms with Gasteiger partial charge >= 0.3 is 0 Å². The number of hydrogen-bond acceptors (Lipinski definition) is 4. The van der Waals surface area contributed by atoms with Gasteiger partial charge in [0.05, 0.1) is 18.1 Å². The Balaban J connectivity index is 2.05. The van der Waals surface area contributed by atoms with Crippen molar-refractivity contribution >= 4 is 17.2 Å². The van der Waals surface area contributed by atoms with Crippen molar-refractivity contribution in [2.45, 2.75) is 19.4 Å². The van der Waals surface area contributed by atoms with Gasteiger partial charge < -0.3 is 14.7 Å². The zero-order valence-electron chi connectivity index (χ0n) is 10.0. The van der Waals surface area contributed by atoms with Crippen molar-refractivity contribution in [1.29, 1.82) is 0 Å². The molecule has 4 nitrogen and oxygen atoms in total. The number of aliphatic hydroxyl groups is 1. The monoisotopic (exact) mass is 255 g/mol. The third-order valence-corrected chi connectivity index (χ3v) is 4.07. The first-order valence-corrected chi connectivity index (χ1v) is 6.59. The van der Waals surface area contributed by atoms with Crippen molar-refractivity contribution in [3.8, 4) is 5.75 Å². The van der Waals surface area contributed by atoms with Gasteiger partial charge in [-0.15, -0.1) is 11.3 Å². The maximum Gasteiger partial charge on any atom is 0.264 e. The minimum Gasteiger partial charge on any atom is -0.496 e. The first-order valence-electron chi connectivity index (χ1n) is 5.71. The first-order chi connectivity index (χ1) is 8.11. The van der Waals surface area contributed by atoms with Gasteiger partial charge in [0, 0.05) is 24.5 Å². The van der Waals surface area contributed by atoms with E-state index in [2.05, 4.69) is 0 Å². The Kier molecular flexibility index (Phi) is 3.69. The highest BCUT2D eigenvalue weighted by molar-refractivity contribution is 7.12. The molecule has 0 bridgehead atoms. The molecule has 2 rings (SSSR count). The number of aliphatic hydroxyl groups excluding tert-OH is 1. The predicted octanol–water partition coefficient (Wildman–Crippen LogP) is 1.60. The maximum atomic E-state index is 12.2. The largest absolute Gasteiger partial charge is 0.496 e. The highest BCUT2D eigenvalue weighted by atomic mass is 32.1. The molecule has 5 heteroatoms. The van der Waals surface area contributed by atoms with Crippen LogP contribution in [-0.4, -0.2) is 42.2 Å². The number of amides is 1. The lowest BCUT2D eigenvalue weighted by atomic mass is 9.97. The number of rotatable bonds is 2. The Labute approximate surface area is 105 Å². The fourth-order valence-corrected chi connectivity index (χ4v) is 2.83. The minimum atomic E-state index is -0.281. The molecule has 1 aromatic rings. The molecule has 1 aliphatic heterocycles. The van der Waals surface area contributed by atoms with Crippen LogP contribution in [0.4, 0.5) is 0 Å². The van der Waals surface area contributed by atoms with Gasteiger partial charge in [-0.2, -0.15) is 0 Å². The summed E-state index contributed by atoms with van der Waals surface area (Å²) in [5.74, 6) is 0.912. The second-order valence-electron chi connectivity index (χ2n) is 4.44. The Morgan fingerprint density at radius 3 is 3.00 bits per heavy atom. The molecule has 0 radical (unpaired) electrons. The number of methoxy groups -OCH3 is 1. The smallest absolute Gasteiger partial charge is 0.264 e. The van der Waals surface area contributed by atoms with E-state index >= 15 is 0 Å². The molecule has 1 N–H and O–H groups in total. The van der Waals surface area contributed by atoms with E-state index < -0.39 is 0 Å². The van der Waals surface area contributed by atoms with Crippen LogP contribution in [0.5, 0.6) is 5.75 Å². The molecule has 94 valence electrons. The summed E-state index contributed by atoms with van der Waals surface area (Å²) >= 11 is 1.40. The summed E-state index contributed by atoms with van der Waals surface area (Å²) in [6, 6.07) is 1.77. The van der Waals surface area contributed by atoms with Gasteiger partial charge in [-0.3, -0.25) is 4.79 Å². The van der Waals surface area contributed by atoms with Crippen LogP contribution in [0, 0.1) is 5.92 Å². The molecule has 1 aliphatic rings. The topological polar surface area (TPSA) is 49.8 Å². The molecule has 0 aliphatic carbocycles. The Bertz CT molecular complexity index is 404. The van der Waals surface area contributed by atoms with Crippen LogP contribution in [0.25, 0.3) is 0 Å². The zero-order chi connectivity index (χ0) is 12.4. The molecule has 17 heavy (non-hydrogen) atoms. The number of ether oxygens (including phenoxy) is 1. The molecular weight excluding hydrogens is 238 g/mol. The van der Waals surface area contributed by atoms with E-state index in [1.54, 1.807) is 13.2 Å². The van der Waals surface area contributed by atoms with Crippen molar-refractivity contribution in [3.05, 3.63) is 16.3 Å². The average Bonchev–Trinajstić information content (AvgIpc) is 2.80. The second-order valence-corrected chi connectivity index (χ2v) is 5.35. The van der Waals surface area contributed by atoms with Crippen molar-refractivity contribution in [2.75, 3.05) is 20.2 Å². The van der Waals surface area contributed by atoms with E-state index in [-0.39, 0.29) is 17.9 Å². The third kappa shape index (κ3) is 2.61. The van der Waals surface area contributed by atoms with Crippen molar-refractivity contribution in [2.24, 2.45) is 5.92 Å². The van der Waals surface area contributed by atoms with Crippen LogP contribution in [0.15, 0.2) is 11.4 Å². The molecule has 0 aromatic carbocycles. The lowest BCUT2D eigenvalue weighted by Crippen LogP contribution is -2.44. The van der Waals surface area contributed by atoms with Crippen molar-refractivity contribution in [3.63, 3.8) is 0 Å². The van der Waals surface area contributed by atoms with Crippen LogP contribution in [-0.2, 0) is 0 Å². The number of nitrogens with zero attached hydrogens (tertiary/aromatic N) is 1. The van der Waals surface area contributed by atoms with Crippen LogP contribution in [0.3, 0.4) is 0 Å². The normalized spacial score (nSPS) is 24.8. The fourth-order valence-electron chi connectivity index (χ4n) is 2.01. The van der Waals surface area contributed by atoms with Gasteiger partial charge in [-0.25, -0.2) is 0 Å². The first kappa shape index (κ1) is 12.4. The lowest BCUT2D eigenvalue weighted by molar-refractivity contribution is 0.0300. The number of hydrogen-bond donors (Lipinski definition) is 1. The number of likely N-dealkylation sites (tertiary alicyclic amines) is 1. The Hall–Kier alpha value is -1.07. The van der Waals surface area contributed by atoms with Crippen LogP contribution in [0.1, 0.15) is 23.0 Å². The fraction of sp³-hybridized carbons (Fsp3) is 0.583. The van der Waals surface area contributed by atoms with Crippen LogP contribution in [0.2, 0.25) is 0 Å². The van der Waals surface area contributed by atoms with Gasteiger partial charge in [0.15, 0.2) is 0 Å². The Morgan fingerprint density at radius 2 is 2.41 bits per heavy atom. The number of piperidine rings is 1. The van der Waals surface area contributed by atoms with Crippen LogP contribution >= 0.6 is 11.3 Å². The average molecular weight is 255 g/mol. The van der Waals surface area contributed by atoms with Crippen molar-refractivity contribution in [1.82, 2.24) is 4.90 Å². The van der Waals surface area contributed by atoms with E-state index in [0.717, 1.165) is 5.75 Å². The SMILES string of the molecule is COc1csc(C(=O)N2CCC(O)C(C)C2)c1. The summed E-state index contributed by atoms with van der Waals surface area (Å²) in [7, 11) is 1.59. The predicted molar refractivity (Wildman–Crippen MR) is 66.6 cm³/mol. The quantitative estimate of drug-likeness (QED) is 0.873. The van der Waals surface area contributed by atoms with Gasteiger partial charge in [0.1, 0.15) is 5.75 Å². The zero-order valence-corrected chi connectivity index (χ0v) is 10.9. The number of thiophene rings is 1. The molecule has 1 aromatic heterocycles. The molecular formula is C12H17NO3S. The highest BCUT2D eigenvalue weighted by Gasteiger charge is 2.28. The number of carbonyl (C=O) groups excluding carboxylic acids is 1. The maximum absolute atomic E-state index is 12.2. The summed E-state index contributed by atoms with van der Waals surface area (Å²) in [6.45, 7) is 3.23. The molecule has 2 heterocycles. The van der Waals surface area contributed by atoms with E-state index in [0.29, 0.717) is 24.4 Å². The highest BCUT2D eigenvalue weighted by Crippen LogP contribution is 2.25. The summed E-state index contributed by atoms with van der Waals surface area (Å²) < 4.78 is 5.07. The summed E-state index contributed by atoms with van der Waals surface area (Å²) in [6.07, 6.45) is 0.381. The third-order valence-electron chi connectivity index (χ3n) is 3.17. The molecule has 1 fully saturated rings. The molecule has 2 unspecified atom stereocenters. The summed E-state index contributed by atoms with van der Waals surface area (Å²) in [5.41, 5.74) is 0. The van der Waals surface area contributed by atoms with E-state index in [1.807, 2.05) is 17.2 Å². The second kappa shape index (κ2) is 5.06. The standard InChI is InChI=1S/C12H17NO3S/c1-8-6-13(4-3-10(8)14)12(15)11-5-9(16-2)7-17-11/h5,7-8,10,14H,3-4,6H2,1-2H3. The molecule has 0 spiro atoms. The number of carbonyl (C=O) groups is 1. The van der Waals surface area contributed by atoms with Gasteiger partial charge in [-0.05, 0) is 12.3 Å². The van der Waals surface area contributed by atoms with E-state index in [4.69, 9.17) is 4.74 Å². The van der Waals surface area contributed by atoms with Crippen LogP contribution < -0.4 is 4.74 Å². The summed E-state index contributed by atoms with van der Waals surface area (Å²) in [5, 5.41) is 11.5. The van der Waals surface area contributed by atoms with E-state index in [9.17, 15) is 9.90 Å². The molecule has 2 atom stereocenters. The Morgan fingerprint density at radius 1 is 1.65 bits per heavy atom. The molecule has 1 amide bonds.